The number of sulfonamides is 1. The van der Waals surface area contributed by atoms with Crippen LogP contribution in [0.4, 0.5) is 47.2 Å². The summed E-state index contributed by atoms with van der Waals surface area (Å²) in [6, 6.07) is 10.4. The SMILES string of the molecule is CCOC(=O)COC(=O)c1cc(Oc2ccc(C(F)(F)F)cc2Cl)ccc1[N+](=O)[O-].COc1c(Cl)ccc(Cl)c1C(=O)O.CP(=O)(O)CCC(N)C(=O)O.O=C(Nc1nc(OC(F)F)cc(OC(F)F)n1)NS(=O)(=O)c1ccccc1C(=O)O. The van der Waals surface area contributed by atoms with E-state index in [4.69, 9.17) is 75.0 Å². The van der Waals surface area contributed by atoms with Gasteiger partial charge in [0.2, 0.25) is 17.7 Å². The first-order valence-corrected chi connectivity index (χ1v) is 27.0. The predicted octanol–water partition coefficient (Wildman–Crippen LogP) is 9.06. The Bertz CT molecular complexity index is 3340. The van der Waals surface area contributed by atoms with E-state index in [1.165, 1.54) is 49.7 Å². The first-order valence-electron chi connectivity index (χ1n) is 22.0. The van der Waals surface area contributed by atoms with Gasteiger partial charge in [0, 0.05) is 25.0 Å². The number of nitrogens with two attached hydrogens (primary N) is 1. The molecule has 4 aromatic carbocycles. The second-order valence-corrected chi connectivity index (χ2v) is 20.7. The number of aromatic carboxylic acids is 2. The predicted molar refractivity (Wildman–Crippen MR) is 275 cm³/mol. The number of methoxy groups -OCH3 is 1. The Morgan fingerprint density at radius 3 is 1.88 bits per heavy atom. The van der Waals surface area contributed by atoms with Crippen LogP contribution in [-0.4, -0.2) is 132 Å². The van der Waals surface area contributed by atoms with Gasteiger partial charge in [-0.1, -0.05) is 46.9 Å². The minimum atomic E-state index is -4.71. The van der Waals surface area contributed by atoms with Crippen molar-refractivity contribution in [1.82, 2.24) is 14.7 Å². The first-order chi connectivity index (χ1) is 38.9. The fraction of sp³-hybridized carbons (Fsp3) is 0.244. The largest absolute Gasteiger partial charge is 0.494 e. The highest BCUT2D eigenvalue weighted by Crippen LogP contribution is 2.38. The summed E-state index contributed by atoms with van der Waals surface area (Å²) in [6.07, 6.45) is -4.61. The highest BCUT2D eigenvalue weighted by atomic mass is 35.5. The molecule has 0 bridgehead atoms. The van der Waals surface area contributed by atoms with Crippen LogP contribution in [0.5, 0.6) is 29.0 Å². The molecule has 27 nitrogen and oxygen atoms in total. The third kappa shape index (κ3) is 24.2. The zero-order valence-electron chi connectivity index (χ0n) is 42.3. The number of ether oxygens (including phenoxy) is 6. The lowest BCUT2D eigenvalue weighted by atomic mass is 10.1. The topological polar surface area (TPSA) is 409 Å². The number of hydrogen-bond donors (Lipinski definition) is 7. The molecule has 8 N–H and O–H groups in total. The number of carboxylic acids is 3. The van der Waals surface area contributed by atoms with Crippen molar-refractivity contribution < 1.29 is 126 Å². The molecule has 0 aliphatic heterocycles. The Kier molecular flexibility index (Phi) is 27.8. The Morgan fingerprint density at radius 1 is 0.821 bits per heavy atom. The van der Waals surface area contributed by atoms with Crippen LogP contribution in [0.3, 0.4) is 0 Å². The van der Waals surface area contributed by atoms with Crippen molar-refractivity contribution in [2.24, 2.45) is 5.73 Å². The molecule has 0 spiro atoms. The molecule has 2 amide bonds. The van der Waals surface area contributed by atoms with Gasteiger partial charge >= 0.3 is 55.3 Å². The maximum atomic E-state index is 12.7. The van der Waals surface area contributed by atoms with Crippen LogP contribution in [0, 0.1) is 10.1 Å². The zero-order valence-corrected chi connectivity index (χ0v) is 46.3. The van der Waals surface area contributed by atoms with Gasteiger partial charge in [-0.2, -0.15) is 40.7 Å². The van der Waals surface area contributed by atoms with Crippen LogP contribution in [0.2, 0.25) is 15.1 Å². The summed E-state index contributed by atoms with van der Waals surface area (Å²) < 4.78 is 151. The van der Waals surface area contributed by atoms with E-state index in [2.05, 4.69) is 24.2 Å². The van der Waals surface area contributed by atoms with Gasteiger partial charge in [-0.05, 0) is 61.9 Å². The summed E-state index contributed by atoms with van der Waals surface area (Å²) in [7, 11) is -6.48. The summed E-state index contributed by atoms with van der Waals surface area (Å²) in [5.41, 5.74) is 2.17. The van der Waals surface area contributed by atoms with E-state index in [9.17, 15) is 82.6 Å². The number of hydrogen-bond acceptors (Lipinski definition) is 20. The Labute approximate surface area is 481 Å². The van der Waals surface area contributed by atoms with Gasteiger partial charge in [-0.3, -0.25) is 24.8 Å². The lowest BCUT2D eigenvalue weighted by molar-refractivity contribution is -0.385. The standard InChI is InChI=1S/C18H13ClF3NO7.C14H10F4N4O7S.C8H6Cl2O3.C5H12NO4P/c1-2-28-16(24)9-29-17(25)12-8-11(4-5-14(12)23(26)27)30-15-6-3-10(7-13(15)19)18(20,21)22;15-11(16)28-8-5-9(29-12(17)18)20-13(19-8)21-14(25)22-30(26,27)7-4-2-1-3-6(7)10(23)24;1-13-7-5(10)3-2-4(9)6(7)8(11)12;1-11(9,10)3-2-4(6)5(7)8/h3-8H,2,9H2,1H3;1-5,11-12H,(H,23,24)(H2,19,20,21,22,25);2-3H,1H3,(H,11,12);4H,2-3,6H2,1H3,(H,7,8)(H,9,10). The number of aromatic nitrogens is 2. The zero-order chi connectivity index (χ0) is 64.0. The van der Waals surface area contributed by atoms with E-state index in [-0.39, 0.29) is 57.1 Å². The average Bonchev–Trinajstić information content (AvgIpc) is 3.50. The second kappa shape index (κ2) is 32.5. The number of benzene rings is 4. The number of amides is 2. The van der Waals surface area contributed by atoms with Crippen LogP contribution in [0.15, 0.2) is 83.8 Å². The fourth-order valence-corrected chi connectivity index (χ4v) is 8.12. The maximum Gasteiger partial charge on any atom is 0.416 e. The minimum absolute atomic E-state index is 0.0412. The number of urea groups is 1. The number of carboxylic acid groups (broad SMARTS) is 3. The van der Waals surface area contributed by atoms with Gasteiger partial charge in [0.1, 0.15) is 33.6 Å². The van der Waals surface area contributed by atoms with Crippen molar-refractivity contribution in [2.75, 3.05) is 38.5 Å². The molecular weight excluding hydrogens is 1260 g/mol. The van der Waals surface area contributed by atoms with Crippen LogP contribution in [0.1, 0.15) is 50.0 Å². The average molecular weight is 1300 g/mol. The number of aliphatic carboxylic acids is 1. The summed E-state index contributed by atoms with van der Waals surface area (Å²) >= 11 is 17.2. The molecule has 5 rings (SSSR count). The van der Waals surface area contributed by atoms with Crippen LogP contribution >= 0.6 is 42.2 Å². The van der Waals surface area contributed by atoms with Gasteiger partial charge < -0.3 is 54.4 Å². The lowest BCUT2D eigenvalue weighted by Gasteiger charge is -2.12. The van der Waals surface area contributed by atoms with Crippen LogP contribution in [-0.2, 0) is 39.8 Å². The maximum absolute atomic E-state index is 12.7. The molecule has 1 aromatic heterocycles. The second-order valence-electron chi connectivity index (χ2n) is 15.3. The number of nitrogens with zero attached hydrogens (tertiary/aromatic N) is 3. The summed E-state index contributed by atoms with van der Waals surface area (Å²) in [5.74, 6) is -9.03. The highest BCUT2D eigenvalue weighted by Gasteiger charge is 2.32. The number of alkyl halides is 7. The summed E-state index contributed by atoms with van der Waals surface area (Å²) in [6.45, 7) is -4.81. The monoisotopic (exact) mass is 1300 g/mol. The van der Waals surface area contributed by atoms with E-state index < -0.39 is 135 Å². The van der Waals surface area contributed by atoms with E-state index in [0.717, 1.165) is 42.5 Å². The molecule has 0 fully saturated rings. The molecule has 0 aliphatic rings. The smallest absolute Gasteiger partial charge is 0.416 e. The molecule has 2 unspecified atom stereocenters. The number of carbonyl (C=O) groups excluding carboxylic acids is 3. The summed E-state index contributed by atoms with van der Waals surface area (Å²) in [4.78, 5) is 92.2. The Morgan fingerprint density at radius 2 is 1.40 bits per heavy atom. The molecule has 2 atom stereocenters. The number of carbonyl (C=O) groups is 6. The van der Waals surface area contributed by atoms with Crippen LogP contribution in [0.25, 0.3) is 0 Å². The number of nitro groups is 1. The number of rotatable bonds is 21. The third-order valence-electron chi connectivity index (χ3n) is 9.11. The number of anilines is 1. The Hall–Kier alpha value is -8.34. The van der Waals surface area contributed by atoms with E-state index in [1.807, 2.05) is 0 Å². The van der Waals surface area contributed by atoms with Crippen molar-refractivity contribution in [2.45, 2.75) is 43.7 Å². The lowest BCUT2D eigenvalue weighted by Crippen LogP contribution is -2.35. The van der Waals surface area contributed by atoms with Gasteiger partial charge in [0.05, 0.1) is 50.9 Å². The molecule has 84 heavy (non-hydrogen) atoms. The number of esters is 2. The van der Waals surface area contributed by atoms with Crippen LogP contribution < -0.4 is 34.7 Å². The van der Waals surface area contributed by atoms with Gasteiger partial charge in [0.25, 0.3) is 15.7 Å². The molecule has 0 saturated heterocycles. The Balaban J connectivity index is 0.000000416. The molecule has 0 aliphatic carbocycles. The number of nitrogens with one attached hydrogen (secondary N) is 2. The normalized spacial score (nSPS) is 11.9. The van der Waals surface area contributed by atoms with Crippen molar-refractivity contribution >= 4 is 99.7 Å². The van der Waals surface area contributed by atoms with Gasteiger partial charge in [-0.15, -0.1) is 0 Å². The fourth-order valence-electron chi connectivity index (χ4n) is 5.57. The van der Waals surface area contributed by atoms with E-state index in [0.29, 0.717) is 12.1 Å². The van der Waals surface area contributed by atoms with E-state index >= 15 is 0 Å². The molecule has 1 heterocycles. The van der Waals surface area contributed by atoms with Gasteiger partial charge in [0.15, 0.2) is 19.7 Å². The van der Waals surface area contributed by atoms with Crippen molar-refractivity contribution in [3.63, 3.8) is 0 Å². The van der Waals surface area contributed by atoms with Crippen molar-refractivity contribution in [1.29, 1.82) is 0 Å². The third-order valence-corrected chi connectivity index (χ3v) is 12.5. The first kappa shape index (κ1) is 71.8. The van der Waals surface area contributed by atoms with Crippen molar-refractivity contribution in [3.05, 3.63) is 126 Å². The molecule has 5 aromatic rings. The van der Waals surface area contributed by atoms with Gasteiger partial charge in [-0.25, -0.2) is 37.1 Å². The molecule has 0 radical (unpaired) electrons. The quantitative estimate of drug-likeness (QED) is 0.0118. The summed E-state index contributed by atoms with van der Waals surface area (Å²) in [5, 5.41) is 38.9. The molecule has 0 saturated carbocycles. The van der Waals surface area contributed by atoms with Crippen molar-refractivity contribution in [3.8, 4) is 29.0 Å². The number of nitro benzene ring substituents is 1. The molecular formula is C45H41Cl3F7N6O21PS. The highest BCUT2D eigenvalue weighted by molar-refractivity contribution is 7.90. The van der Waals surface area contributed by atoms with E-state index in [1.54, 1.807) is 5.32 Å². The number of halogens is 10. The minimum Gasteiger partial charge on any atom is -0.494 e. The molecule has 39 heteroatoms. The molecule has 458 valence electrons.